The molecular weight excluding hydrogens is 282 g/mol. The molecule has 4 nitrogen and oxygen atoms in total. The lowest BCUT2D eigenvalue weighted by atomic mass is 10.1. The molecule has 86 valence electrons. The van der Waals surface area contributed by atoms with E-state index in [1.165, 1.54) is 0 Å². The summed E-state index contributed by atoms with van der Waals surface area (Å²) in [5.74, 6) is 0.759. The van der Waals surface area contributed by atoms with Crippen molar-refractivity contribution in [2.45, 2.75) is 0 Å². The fourth-order valence-electron chi connectivity index (χ4n) is 1.67. The van der Waals surface area contributed by atoms with E-state index in [4.69, 9.17) is 10.00 Å². The molecule has 0 bridgehead atoms. The molecule has 0 amide bonds. The topological polar surface area (TPSA) is 50.8 Å². The Hall–Kier alpha value is -1.80. The molecule has 0 saturated heterocycles. The maximum atomic E-state index is 9.00. The standard InChI is InChI=1S/C12H10BrN3O/c1-16-7-15-10(6-14)12(16)8-3-4-11(17-2)9(13)5-8/h3-5,7H,1-2H3. The Morgan fingerprint density at radius 1 is 1.47 bits per heavy atom. The van der Waals surface area contributed by atoms with Crippen LogP contribution < -0.4 is 4.74 Å². The van der Waals surface area contributed by atoms with Crippen molar-refractivity contribution in [3.63, 3.8) is 0 Å². The molecule has 17 heavy (non-hydrogen) atoms. The van der Waals surface area contributed by atoms with Gasteiger partial charge in [-0.05, 0) is 34.1 Å². The summed E-state index contributed by atoms with van der Waals surface area (Å²) < 4.78 is 7.85. The van der Waals surface area contributed by atoms with E-state index in [-0.39, 0.29) is 0 Å². The van der Waals surface area contributed by atoms with E-state index < -0.39 is 0 Å². The lowest BCUT2D eigenvalue weighted by Gasteiger charge is -2.07. The third-order valence-electron chi connectivity index (χ3n) is 2.47. The number of nitriles is 1. The van der Waals surface area contributed by atoms with Crippen LogP contribution in [-0.4, -0.2) is 16.7 Å². The monoisotopic (exact) mass is 291 g/mol. The minimum atomic E-state index is 0.421. The number of imidazole rings is 1. The van der Waals surface area contributed by atoms with Crippen molar-refractivity contribution in [3.05, 3.63) is 34.7 Å². The van der Waals surface area contributed by atoms with Crippen LogP contribution in [-0.2, 0) is 7.05 Å². The summed E-state index contributed by atoms with van der Waals surface area (Å²) in [5.41, 5.74) is 2.15. The molecule has 0 radical (unpaired) electrons. The molecule has 1 heterocycles. The Morgan fingerprint density at radius 3 is 2.82 bits per heavy atom. The number of methoxy groups -OCH3 is 1. The van der Waals surface area contributed by atoms with E-state index in [1.54, 1.807) is 13.4 Å². The summed E-state index contributed by atoms with van der Waals surface area (Å²) in [6.07, 6.45) is 1.63. The maximum Gasteiger partial charge on any atom is 0.166 e. The summed E-state index contributed by atoms with van der Waals surface area (Å²) in [5, 5.41) is 9.00. The molecule has 1 aromatic heterocycles. The molecule has 0 unspecified atom stereocenters. The van der Waals surface area contributed by atoms with Gasteiger partial charge in [0.1, 0.15) is 11.8 Å². The summed E-state index contributed by atoms with van der Waals surface area (Å²) >= 11 is 3.43. The van der Waals surface area contributed by atoms with E-state index in [2.05, 4.69) is 27.0 Å². The van der Waals surface area contributed by atoms with Crippen molar-refractivity contribution in [1.82, 2.24) is 9.55 Å². The molecular formula is C12H10BrN3O. The van der Waals surface area contributed by atoms with Crippen LogP contribution in [0.2, 0.25) is 0 Å². The molecule has 1 aromatic carbocycles. The normalized spacial score (nSPS) is 10.0. The van der Waals surface area contributed by atoms with Crippen molar-refractivity contribution in [1.29, 1.82) is 5.26 Å². The van der Waals surface area contributed by atoms with Gasteiger partial charge in [-0.25, -0.2) is 4.98 Å². The predicted molar refractivity (Wildman–Crippen MR) is 67.6 cm³/mol. The van der Waals surface area contributed by atoms with Crippen molar-refractivity contribution < 1.29 is 4.74 Å². The first-order chi connectivity index (χ1) is 8.17. The second kappa shape index (κ2) is 4.60. The number of rotatable bonds is 2. The van der Waals surface area contributed by atoms with Crippen molar-refractivity contribution >= 4 is 15.9 Å². The summed E-state index contributed by atoms with van der Waals surface area (Å²) in [7, 11) is 3.48. The molecule has 0 aliphatic rings. The number of hydrogen-bond donors (Lipinski definition) is 0. The number of nitrogens with zero attached hydrogens (tertiary/aromatic N) is 3. The first kappa shape index (κ1) is 11.7. The van der Waals surface area contributed by atoms with E-state index in [0.29, 0.717) is 5.69 Å². The van der Waals surface area contributed by atoms with Crippen LogP contribution in [0.5, 0.6) is 5.75 Å². The van der Waals surface area contributed by atoms with Crippen LogP contribution in [0.15, 0.2) is 29.0 Å². The minimum Gasteiger partial charge on any atom is -0.496 e. The fraction of sp³-hybridized carbons (Fsp3) is 0.167. The molecule has 2 aromatic rings. The van der Waals surface area contributed by atoms with Gasteiger partial charge in [0.05, 0.1) is 23.6 Å². The molecule has 0 spiro atoms. The Labute approximate surface area is 108 Å². The number of aryl methyl sites for hydroxylation is 1. The summed E-state index contributed by atoms with van der Waals surface area (Å²) in [6.45, 7) is 0. The highest BCUT2D eigenvalue weighted by atomic mass is 79.9. The van der Waals surface area contributed by atoms with Crippen molar-refractivity contribution in [3.8, 4) is 23.1 Å². The molecule has 0 N–H and O–H groups in total. The molecule has 0 atom stereocenters. The minimum absolute atomic E-state index is 0.421. The molecule has 0 aliphatic carbocycles. The summed E-state index contributed by atoms with van der Waals surface area (Å²) in [6, 6.07) is 7.76. The zero-order valence-corrected chi connectivity index (χ0v) is 11.0. The number of halogens is 1. The molecule has 0 aliphatic heterocycles. The molecule has 0 saturated carbocycles. The zero-order valence-electron chi connectivity index (χ0n) is 9.44. The van der Waals surface area contributed by atoms with E-state index >= 15 is 0 Å². The second-order valence-electron chi connectivity index (χ2n) is 3.51. The third-order valence-corrected chi connectivity index (χ3v) is 3.09. The Bertz CT molecular complexity index is 598. The highest BCUT2D eigenvalue weighted by Gasteiger charge is 2.12. The highest BCUT2D eigenvalue weighted by Crippen LogP contribution is 2.31. The largest absolute Gasteiger partial charge is 0.496 e. The van der Waals surface area contributed by atoms with Crippen molar-refractivity contribution in [2.75, 3.05) is 7.11 Å². The lowest BCUT2D eigenvalue weighted by molar-refractivity contribution is 0.412. The van der Waals surface area contributed by atoms with Crippen LogP contribution in [0.3, 0.4) is 0 Å². The van der Waals surface area contributed by atoms with Crippen molar-refractivity contribution in [2.24, 2.45) is 7.05 Å². The van der Waals surface area contributed by atoms with Crippen LogP contribution >= 0.6 is 15.9 Å². The first-order valence-corrected chi connectivity index (χ1v) is 5.72. The van der Waals surface area contributed by atoms with E-state index in [1.807, 2.05) is 29.8 Å². The highest BCUT2D eigenvalue weighted by molar-refractivity contribution is 9.10. The van der Waals surface area contributed by atoms with Crippen LogP contribution in [0.4, 0.5) is 0 Å². The molecule has 0 fully saturated rings. The van der Waals surface area contributed by atoms with Gasteiger partial charge in [0.15, 0.2) is 5.69 Å². The Balaban J connectivity index is 2.58. The average Bonchev–Trinajstić information content (AvgIpc) is 2.70. The van der Waals surface area contributed by atoms with E-state index in [9.17, 15) is 0 Å². The number of hydrogen-bond acceptors (Lipinski definition) is 3. The van der Waals surface area contributed by atoms with Gasteiger partial charge in [0.2, 0.25) is 0 Å². The zero-order chi connectivity index (χ0) is 12.4. The van der Waals surface area contributed by atoms with Crippen LogP contribution in [0.1, 0.15) is 5.69 Å². The van der Waals surface area contributed by atoms with Gasteiger partial charge in [-0.3, -0.25) is 0 Å². The van der Waals surface area contributed by atoms with Gasteiger partial charge < -0.3 is 9.30 Å². The smallest absolute Gasteiger partial charge is 0.166 e. The van der Waals surface area contributed by atoms with Crippen LogP contribution in [0.25, 0.3) is 11.3 Å². The SMILES string of the molecule is COc1ccc(-c2c(C#N)ncn2C)cc1Br. The predicted octanol–water partition coefficient (Wildman–Crippen LogP) is 2.73. The third kappa shape index (κ3) is 2.04. The van der Waals surface area contributed by atoms with Gasteiger partial charge in [0, 0.05) is 12.6 Å². The van der Waals surface area contributed by atoms with Gasteiger partial charge in [-0.15, -0.1) is 0 Å². The lowest BCUT2D eigenvalue weighted by Crippen LogP contribution is -1.92. The molecule has 5 heteroatoms. The van der Waals surface area contributed by atoms with E-state index in [0.717, 1.165) is 21.5 Å². The van der Waals surface area contributed by atoms with Gasteiger partial charge in [-0.1, -0.05) is 0 Å². The number of ether oxygens (including phenoxy) is 1. The van der Waals surface area contributed by atoms with Gasteiger partial charge >= 0.3 is 0 Å². The Kier molecular flexibility index (Phi) is 3.16. The summed E-state index contributed by atoms with van der Waals surface area (Å²) in [4.78, 5) is 4.04. The average molecular weight is 292 g/mol. The van der Waals surface area contributed by atoms with Gasteiger partial charge in [0.25, 0.3) is 0 Å². The number of benzene rings is 1. The fourth-order valence-corrected chi connectivity index (χ4v) is 2.21. The first-order valence-electron chi connectivity index (χ1n) is 4.92. The quantitative estimate of drug-likeness (QED) is 0.855. The van der Waals surface area contributed by atoms with Gasteiger partial charge in [-0.2, -0.15) is 5.26 Å². The maximum absolute atomic E-state index is 9.00. The molecule has 2 rings (SSSR count). The second-order valence-corrected chi connectivity index (χ2v) is 4.37. The Morgan fingerprint density at radius 2 is 2.24 bits per heavy atom. The van der Waals surface area contributed by atoms with Crippen LogP contribution in [0, 0.1) is 11.3 Å². The number of aromatic nitrogens is 2.